The first-order valence-corrected chi connectivity index (χ1v) is 6.27. The van der Waals surface area contributed by atoms with Crippen LogP contribution in [0.4, 0.5) is 0 Å². The molecule has 2 bridgehead atoms. The summed E-state index contributed by atoms with van der Waals surface area (Å²) in [5.74, 6) is 1.48. The lowest BCUT2D eigenvalue weighted by Crippen LogP contribution is -2.56. The smallest absolute Gasteiger partial charge is 0.0884 e. The van der Waals surface area contributed by atoms with Gasteiger partial charge in [-0.1, -0.05) is 57.2 Å². The molecule has 0 saturated heterocycles. The number of fused-ring (bicyclic) bond motifs is 2. The molecule has 0 amide bonds. The lowest BCUT2D eigenvalue weighted by Gasteiger charge is -2.56. The van der Waals surface area contributed by atoms with E-state index in [2.05, 4.69) is 15.9 Å². The van der Waals surface area contributed by atoms with Crippen LogP contribution in [-0.4, -0.2) is 8.62 Å². The zero-order chi connectivity index (χ0) is 8.93. The Hall–Kier alpha value is 1.35. The van der Waals surface area contributed by atoms with Gasteiger partial charge in [-0.2, -0.15) is 0 Å². The quantitative estimate of drug-likeness (QED) is 0.588. The minimum Gasteiger partial charge on any atom is -0.0884 e. The normalized spacial score (nSPS) is 47.0. The fourth-order valence-corrected chi connectivity index (χ4v) is 4.80. The third kappa shape index (κ3) is 1.41. The SMILES string of the molecule is ClC(Cl)(Cl)C1[C@@H]2CCC[C@H]1C2Br. The molecule has 0 nitrogen and oxygen atoms in total. The van der Waals surface area contributed by atoms with Crippen molar-refractivity contribution in [2.45, 2.75) is 27.9 Å². The predicted molar refractivity (Wildman–Crippen MR) is 57.3 cm³/mol. The van der Waals surface area contributed by atoms with Gasteiger partial charge in [0.15, 0.2) is 3.79 Å². The van der Waals surface area contributed by atoms with Gasteiger partial charge in [-0.3, -0.25) is 0 Å². The second-order valence-corrected chi connectivity index (χ2v) is 7.20. The van der Waals surface area contributed by atoms with E-state index in [1.807, 2.05) is 0 Å². The number of alkyl halides is 4. The second-order valence-electron chi connectivity index (χ2n) is 3.77. The van der Waals surface area contributed by atoms with Crippen molar-refractivity contribution in [3.8, 4) is 0 Å². The minimum absolute atomic E-state index is 0.292. The summed E-state index contributed by atoms with van der Waals surface area (Å²) >= 11 is 21.4. The van der Waals surface area contributed by atoms with Crippen LogP contribution in [0.1, 0.15) is 19.3 Å². The average molecular weight is 292 g/mol. The average Bonchev–Trinajstić information content (AvgIpc) is 2.01. The summed E-state index contributed by atoms with van der Waals surface area (Å²) in [7, 11) is 0. The predicted octanol–water partition coefficient (Wildman–Crippen LogP) is 4.17. The number of rotatable bonds is 0. The first kappa shape index (κ1) is 9.89. The van der Waals surface area contributed by atoms with Gasteiger partial charge in [0, 0.05) is 10.7 Å². The molecule has 3 rings (SSSR count). The van der Waals surface area contributed by atoms with Crippen LogP contribution in [0, 0.1) is 17.8 Å². The Balaban J connectivity index is 2.12. The Morgan fingerprint density at radius 2 is 1.58 bits per heavy atom. The van der Waals surface area contributed by atoms with Gasteiger partial charge in [-0.05, 0) is 24.7 Å². The van der Waals surface area contributed by atoms with E-state index in [9.17, 15) is 0 Å². The number of hydrogen-bond donors (Lipinski definition) is 0. The highest BCUT2D eigenvalue weighted by Gasteiger charge is 2.58. The number of hydrogen-bond acceptors (Lipinski definition) is 0. The molecule has 0 spiro atoms. The molecular formula is C8H10BrCl3. The summed E-state index contributed by atoms with van der Waals surface area (Å²) in [4.78, 5) is 0.604. The Bertz CT molecular complexity index is 177. The molecule has 3 saturated carbocycles. The van der Waals surface area contributed by atoms with Crippen molar-refractivity contribution in [3.63, 3.8) is 0 Å². The maximum atomic E-state index is 5.91. The summed E-state index contributed by atoms with van der Waals surface area (Å²) in [5, 5.41) is 0. The van der Waals surface area contributed by atoms with Crippen LogP contribution >= 0.6 is 50.7 Å². The van der Waals surface area contributed by atoms with Crippen molar-refractivity contribution in [1.82, 2.24) is 0 Å². The zero-order valence-corrected chi connectivity index (χ0v) is 10.3. The molecule has 3 fully saturated rings. The highest BCUT2D eigenvalue weighted by molar-refractivity contribution is 9.09. The molecule has 0 aromatic carbocycles. The Morgan fingerprint density at radius 1 is 1.08 bits per heavy atom. The zero-order valence-electron chi connectivity index (χ0n) is 6.44. The molecule has 4 heteroatoms. The Morgan fingerprint density at radius 3 is 1.83 bits per heavy atom. The summed E-state index contributed by atoms with van der Waals surface area (Å²) in [6.07, 6.45) is 3.73. The van der Waals surface area contributed by atoms with Gasteiger partial charge in [0.2, 0.25) is 0 Å². The van der Waals surface area contributed by atoms with E-state index in [-0.39, 0.29) is 0 Å². The summed E-state index contributed by atoms with van der Waals surface area (Å²) in [6.45, 7) is 0. The minimum atomic E-state index is -1.04. The highest BCUT2D eigenvalue weighted by atomic mass is 79.9. The van der Waals surface area contributed by atoms with Gasteiger partial charge in [0.1, 0.15) is 0 Å². The monoisotopic (exact) mass is 290 g/mol. The van der Waals surface area contributed by atoms with Crippen LogP contribution in [0.3, 0.4) is 0 Å². The van der Waals surface area contributed by atoms with E-state index in [0.717, 1.165) is 0 Å². The van der Waals surface area contributed by atoms with Crippen LogP contribution in [0.15, 0.2) is 0 Å². The van der Waals surface area contributed by atoms with Crippen molar-refractivity contribution in [2.75, 3.05) is 0 Å². The van der Waals surface area contributed by atoms with E-state index < -0.39 is 3.79 Å². The Kier molecular flexibility index (Phi) is 2.62. The molecule has 4 atom stereocenters. The van der Waals surface area contributed by atoms with E-state index in [4.69, 9.17) is 34.8 Å². The van der Waals surface area contributed by atoms with Crippen LogP contribution in [-0.2, 0) is 0 Å². The van der Waals surface area contributed by atoms with Crippen molar-refractivity contribution in [1.29, 1.82) is 0 Å². The molecule has 2 unspecified atom stereocenters. The largest absolute Gasteiger partial charge is 0.194 e. The molecule has 0 N–H and O–H groups in total. The molecule has 0 aromatic heterocycles. The van der Waals surface area contributed by atoms with E-state index >= 15 is 0 Å². The highest BCUT2D eigenvalue weighted by Crippen LogP contribution is 2.61. The van der Waals surface area contributed by atoms with Crippen molar-refractivity contribution < 1.29 is 0 Å². The molecule has 0 aromatic rings. The molecular weight excluding hydrogens is 282 g/mol. The van der Waals surface area contributed by atoms with Crippen LogP contribution < -0.4 is 0 Å². The van der Waals surface area contributed by atoms with Crippen LogP contribution in [0.5, 0.6) is 0 Å². The molecule has 0 radical (unpaired) electrons. The Labute approximate surface area is 96.1 Å². The maximum Gasteiger partial charge on any atom is 0.194 e. The molecule has 3 aliphatic rings. The van der Waals surface area contributed by atoms with E-state index in [1.165, 1.54) is 19.3 Å². The third-order valence-electron chi connectivity index (χ3n) is 3.19. The molecule has 70 valence electrons. The summed E-state index contributed by atoms with van der Waals surface area (Å²) < 4.78 is -1.04. The maximum absolute atomic E-state index is 5.91. The van der Waals surface area contributed by atoms with Gasteiger partial charge in [-0.15, -0.1) is 0 Å². The lowest BCUT2D eigenvalue weighted by atomic mass is 9.57. The fourth-order valence-electron chi connectivity index (χ4n) is 2.64. The molecule has 0 heterocycles. The van der Waals surface area contributed by atoms with Crippen molar-refractivity contribution in [3.05, 3.63) is 0 Å². The topological polar surface area (TPSA) is 0 Å². The van der Waals surface area contributed by atoms with Crippen LogP contribution in [0.2, 0.25) is 0 Å². The van der Waals surface area contributed by atoms with Crippen LogP contribution in [0.25, 0.3) is 0 Å². The van der Waals surface area contributed by atoms with E-state index in [1.54, 1.807) is 0 Å². The second kappa shape index (κ2) is 3.18. The molecule has 12 heavy (non-hydrogen) atoms. The van der Waals surface area contributed by atoms with Gasteiger partial charge in [0.05, 0.1) is 0 Å². The third-order valence-corrected chi connectivity index (χ3v) is 5.31. The first-order valence-electron chi connectivity index (χ1n) is 4.22. The standard InChI is InChI=1S/C8H10BrCl3/c9-7-4-2-1-3-5(7)6(4)8(10,11)12/h4-7H,1-3H2/t4-,5+,6?,7?. The lowest BCUT2D eigenvalue weighted by molar-refractivity contribution is 0.0321. The van der Waals surface area contributed by atoms with Crippen molar-refractivity contribution in [2.24, 2.45) is 17.8 Å². The van der Waals surface area contributed by atoms with Gasteiger partial charge >= 0.3 is 0 Å². The fraction of sp³-hybridized carbons (Fsp3) is 1.00. The van der Waals surface area contributed by atoms with Gasteiger partial charge in [0.25, 0.3) is 0 Å². The number of halogens is 4. The van der Waals surface area contributed by atoms with Crippen molar-refractivity contribution >= 4 is 50.7 Å². The summed E-state index contributed by atoms with van der Waals surface area (Å²) in [5.41, 5.74) is 0. The van der Waals surface area contributed by atoms with Gasteiger partial charge in [-0.25, -0.2) is 0 Å². The molecule has 3 aliphatic carbocycles. The van der Waals surface area contributed by atoms with E-state index in [0.29, 0.717) is 22.6 Å². The van der Waals surface area contributed by atoms with Gasteiger partial charge < -0.3 is 0 Å². The molecule has 0 aliphatic heterocycles. The summed E-state index contributed by atoms with van der Waals surface area (Å²) in [6, 6.07) is 0. The first-order chi connectivity index (χ1) is 5.52.